The molecule has 0 saturated carbocycles. The number of carbonyl (C=O) groups excluding carboxylic acids is 1. The van der Waals surface area contributed by atoms with Gasteiger partial charge in [-0.15, -0.1) is 11.3 Å². The Morgan fingerprint density at radius 2 is 1.67 bits per heavy atom. The number of pyridine rings is 1. The Balaban J connectivity index is 1.40. The van der Waals surface area contributed by atoms with Gasteiger partial charge in [0.2, 0.25) is 0 Å². The molecule has 36 heavy (non-hydrogen) atoms. The van der Waals surface area contributed by atoms with E-state index in [0.29, 0.717) is 4.88 Å². The first-order chi connectivity index (χ1) is 17.7. The number of carbonyl (C=O) groups is 1. The molecule has 2 heterocycles. The molecule has 0 aliphatic heterocycles. The number of benzene rings is 3. The van der Waals surface area contributed by atoms with Crippen LogP contribution < -0.4 is 5.48 Å². The van der Waals surface area contributed by atoms with E-state index in [9.17, 15) is 4.79 Å². The first kappa shape index (κ1) is 23.9. The maximum atomic E-state index is 11.8. The number of nitrogens with one attached hydrogen (secondary N) is 1. The molecule has 5 rings (SSSR count). The number of hydrogen-bond donors (Lipinski definition) is 2. The van der Waals surface area contributed by atoms with Gasteiger partial charge in [0.05, 0.1) is 10.4 Å². The highest BCUT2D eigenvalue weighted by atomic mass is 32.1. The molecule has 5 nitrogen and oxygen atoms in total. The van der Waals surface area contributed by atoms with E-state index in [2.05, 4.69) is 88.7 Å². The number of fused-ring (bicyclic) bond motifs is 1. The molecular weight excluding hydrogens is 466 g/mol. The second-order valence-corrected chi connectivity index (χ2v) is 9.82. The van der Waals surface area contributed by atoms with E-state index in [-0.39, 0.29) is 0 Å². The van der Waals surface area contributed by atoms with Crippen LogP contribution in [0.4, 0.5) is 0 Å². The van der Waals surface area contributed by atoms with Crippen molar-refractivity contribution in [3.8, 4) is 10.4 Å². The van der Waals surface area contributed by atoms with Gasteiger partial charge in [-0.1, -0.05) is 66.7 Å². The fourth-order valence-corrected chi connectivity index (χ4v) is 5.32. The Morgan fingerprint density at radius 3 is 2.53 bits per heavy atom. The summed E-state index contributed by atoms with van der Waals surface area (Å²) in [6.07, 6.45) is 2.86. The SMILES string of the molecule is O=C(NO)c1ccc(-c2cccc(CN(CCc3ccccc3)Cc3ccnc4ccccc34)c2)s1. The molecule has 0 aliphatic rings. The van der Waals surface area contributed by atoms with Gasteiger partial charge in [0.15, 0.2) is 0 Å². The highest BCUT2D eigenvalue weighted by Gasteiger charge is 2.13. The van der Waals surface area contributed by atoms with Crippen molar-refractivity contribution in [3.63, 3.8) is 0 Å². The maximum absolute atomic E-state index is 11.8. The zero-order chi connectivity index (χ0) is 24.7. The Morgan fingerprint density at radius 1 is 0.861 bits per heavy atom. The van der Waals surface area contributed by atoms with Crippen molar-refractivity contribution in [2.24, 2.45) is 0 Å². The van der Waals surface area contributed by atoms with Crippen molar-refractivity contribution in [3.05, 3.63) is 125 Å². The molecule has 180 valence electrons. The van der Waals surface area contributed by atoms with Crippen LogP contribution in [0.25, 0.3) is 21.3 Å². The summed E-state index contributed by atoms with van der Waals surface area (Å²) in [6, 6.07) is 33.1. The van der Waals surface area contributed by atoms with Gasteiger partial charge < -0.3 is 0 Å². The molecule has 0 fully saturated rings. The molecule has 0 radical (unpaired) electrons. The third-order valence-corrected chi connectivity index (χ3v) is 7.37. The van der Waals surface area contributed by atoms with Gasteiger partial charge in [-0.25, -0.2) is 5.48 Å². The quantitative estimate of drug-likeness (QED) is 0.186. The predicted octanol–water partition coefficient (Wildman–Crippen LogP) is 6.33. The van der Waals surface area contributed by atoms with Gasteiger partial charge in [-0.3, -0.25) is 19.9 Å². The fourth-order valence-electron chi connectivity index (χ4n) is 4.43. The summed E-state index contributed by atoms with van der Waals surface area (Å²) >= 11 is 1.37. The zero-order valence-corrected chi connectivity index (χ0v) is 20.6. The minimum Gasteiger partial charge on any atom is -0.294 e. The van der Waals surface area contributed by atoms with E-state index < -0.39 is 5.91 Å². The monoisotopic (exact) mass is 493 g/mol. The number of nitrogens with zero attached hydrogens (tertiary/aromatic N) is 2. The van der Waals surface area contributed by atoms with Gasteiger partial charge in [0, 0.05) is 36.1 Å². The minimum atomic E-state index is -0.487. The number of hydroxylamine groups is 1. The third-order valence-electron chi connectivity index (χ3n) is 6.24. The molecule has 6 heteroatoms. The fraction of sp³-hybridized carbons (Fsp3) is 0.133. The first-order valence-electron chi connectivity index (χ1n) is 11.9. The molecule has 0 saturated heterocycles. The van der Waals surface area contributed by atoms with E-state index in [4.69, 9.17) is 5.21 Å². The van der Waals surface area contributed by atoms with Crippen LogP contribution in [0.3, 0.4) is 0 Å². The molecular formula is C30H27N3O2S. The van der Waals surface area contributed by atoms with E-state index in [1.807, 2.05) is 18.3 Å². The zero-order valence-electron chi connectivity index (χ0n) is 19.8. The minimum absolute atomic E-state index is 0.479. The largest absolute Gasteiger partial charge is 0.294 e. The van der Waals surface area contributed by atoms with Gasteiger partial charge in [-0.05, 0) is 59.0 Å². The molecule has 3 aromatic carbocycles. The van der Waals surface area contributed by atoms with Crippen LogP contribution >= 0.6 is 11.3 Å². The molecule has 2 aromatic heterocycles. The lowest BCUT2D eigenvalue weighted by Gasteiger charge is -2.24. The van der Waals surface area contributed by atoms with E-state index in [1.54, 1.807) is 11.5 Å². The van der Waals surface area contributed by atoms with Gasteiger partial charge in [0.1, 0.15) is 0 Å². The molecule has 5 aromatic rings. The van der Waals surface area contributed by atoms with Crippen molar-refractivity contribution >= 4 is 28.1 Å². The summed E-state index contributed by atoms with van der Waals surface area (Å²) in [5, 5.41) is 10.1. The van der Waals surface area contributed by atoms with Gasteiger partial charge in [0.25, 0.3) is 5.91 Å². The van der Waals surface area contributed by atoms with Crippen molar-refractivity contribution in [1.29, 1.82) is 0 Å². The average Bonchev–Trinajstić information content (AvgIpc) is 3.43. The summed E-state index contributed by atoms with van der Waals surface area (Å²) in [7, 11) is 0. The highest BCUT2D eigenvalue weighted by Crippen LogP contribution is 2.29. The van der Waals surface area contributed by atoms with Gasteiger partial charge in [-0.2, -0.15) is 0 Å². The maximum Gasteiger partial charge on any atom is 0.284 e. The average molecular weight is 494 g/mol. The number of thiophene rings is 1. The lowest BCUT2D eigenvalue weighted by atomic mass is 10.1. The molecule has 0 aliphatic carbocycles. The van der Waals surface area contributed by atoms with Crippen LogP contribution in [-0.4, -0.2) is 27.5 Å². The number of para-hydroxylation sites is 1. The number of rotatable bonds is 9. The summed E-state index contributed by atoms with van der Waals surface area (Å²) in [5.74, 6) is -0.487. The second-order valence-electron chi connectivity index (χ2n) is 8.74. The summed E-state index contributed by atoms with van der Waals surface area (Å²) in [6.45, 7) is 2.54. The highest BCUT2D eigenvalue weighted by molar-refractivity contribution is 7.17. The lowest BCUT2D eigenvalue weighted by Crippen LogP contribution is -2.25. The molecule has 2 N–H and O–H groups in total. The number of amides is 1. The van der Waals surface area contributed by atoms with Gasteiger partial charge >= 0.3 is 0 Å². The summed E-state index contributed by atoms with van der Waals surface area (Å²) in [4.78, 5) is 20.2. The lowest BCUT2D eigenvalue weighted by molar-refractivity contribution is 0.0711. The predicted molar refractivity (Wildman–Crippen MR) is 145 cm³/mol. The first-order valence-corrected chi connectivity index (χ1v) is 12.7. The Hall–Kier alpha value is -3.84. The van der Waals surface area contributed by atoms with Crippen molar-refractivity contribution in [2.45, 2.75) is 19.5 Å². The van der Waals surface area contributed by atoms with Crippen LogP contribution in [0.5, 0.6) is 0 Å². The van der Waals surface area contributed by atoms with Crippen molar-refractivity contribution in [2.75, 3.05) is 6.54 Å². The van der Waals surface area contributed by atoms with Crippen LogP contribution in [0.15, 0.2) is 103 Å². The Kier molecular flexibility index (Phi) is 7.47. The van der Waals surface area contributed by atoms with E-state index >= 15 is 0 Å². The molecule has 0 bridgehead atoms. The Bertz CT molecular complexity index is 1460. The standard InChI is InChI=1S/C30H27N3O2S/c34-30(32-35)29-14-13-28(36-29)24-10-6-9-23(19-24)20-33(18-16-22-7-2-1-3-8-22)21-25-15-17-31-27-12-5-4-11-26(25)27/h1-15,17,19,35H,16,18,20-21H2,(H,32,34). The molecule has 0 unspecified atom stereocenters. The number of aromatic nitrogens is 1. The van der Waals surface area contributed by atoms with Crippen LogP contribution in [0.2, 0.25) is 0 Å². The summed E-state index contributed by atoms with van der Waals surface area (Å²) in [5.41, 5.74) is 7.58. The number of hydrogen-bond acceptors (Lipinski definition) is 5. The van der Waals surface area contributed by atoms with Crippen LogP contribution in [0.1, 0.15) is 26.4 Å². The molecule has 0 atom stereocenters. The normalized spacial score (nSPS) is 11.2. The topological polar surface area (TPSA) is 65.5 Å². The smallest absolute Gasteiger partial charge is 0.284 e. The van der Waals surface area contributed by atoms with Crippen LogP contribution in [-0.2, 0) is 19.5 Å². The van der Waals surface area contributed by atoms with Crippen molar-refractivity contribution in [1.82, 2.24) is 15.4 Å². The van der Waals surface area contributed by atoms with E-state index in [0.717, 1.165) is 42.0 Å². The second kappa shape index (κ2) is 11.3. The van der Waals surface area contributed by atoms with E-state index in [1.165, 1.54) is 33.4 Å². The molecule has 1 amide bonds. The Labute approximate surface area is 214 Å². The van der Waals surface area contributed by atoms with Crippen LogP contribution in [0, 0.1) is 0 Å². The molecule has 0 spiro atoms. The van der Waals surface area contributed by atoms with Crippen molar-refractivity contribution < 1.29 is 10.0 Å². The summed E-state index contributed by atoms with van der Waals surface area (Å²) < 4.78 is 0. The third kappa shape index (κ3) is 5.69.